The van der Waals surface area contributed by atoms with E-state index in [-0.39, 0.29) is 6.61 Å². The standard InChI is InChI=1S/C22H34BrNO5/c1-6-27-18-12-10-17(11-13-18)16-19(20(25)28-7-2)24(15-9-8-14-23)21(26)29-22(3,4)5/h10-13,19H,6-9,14-16H2,1-5H3/t19-/m0/s1. The Morgan fingerprint density at radius 1 is 1.07 bits per heavy atom. The van der Waals surface area contributed by atoms with Gasteiger partial charge >= 0.3 is 12.1 Å². The lowest BCUT2D eigenvalue weighted by Gasteiger charge is -2.32. The average Bonchev–Trinajstić information content (AvgIpc) is 2.64. The van der Waals surface area contributed by atoms with Gasteiger partial charge in [0.2, 0.25) is 0 Å². The van der Waals surface area contributed by atoms with Crippen LogP contribution in [0.1, 0.15) is 53.0 Å². The Labute approximate surface area is 183 Å². The predicted octanol–water partition coefficient (Wildman–Crippen LogP) is 4.97. The molecule has 29 heavy (non-hydrogen) atoms. The zero-order valence-corrected chi connectivity index (χ0v) is 19.8. The predicted molar refractivity (Wildman–Crippen MR) is 118 cm³/mol. The van der Waals surface area contributed by atoms with E-state index < -0.39 is 23.7 Å². The van der Waals surface area contributed by atoms with Crippen LogP contribution in [0.3, 0.4) is 0 Å². The van der Waals surface area contributed by atoms with E-state index in [0.717, 1.165) is 29.5 Å². The first-order chi connectivity index (χ1) is 13.7. The van der Waals surface area contributed by atoms with Crippen molar-refractivity contribution < 1.29 is 23.8 Å². The van der Waals surface area contributed by atoms with Gasteiger partial charge in [-0.15, -0.1) is 0 Å². The maximum atomic E-state index is 12.9. The summed E-state index contributed by atoms with van der Waals surface area (Å²) < 4.78 is 16.3. The summed E-state index contributed by atoms with van der Waals surface area (Å²) in [7, 11) is 0. The van der Waals surface area contributed by atoms with E-state index in [1.165, 1.54) is 4.90 Å². The van der Waals surface area contributed by atoms with Crippen molar-refractivity contribution in [3.05, 3.63) is 29.8 Å². The number of alkyl halides is 1. The summed E-state index contributed by atoms with van der Waals surface area (Å²) in [5.41, 5.74) is 0.267. The van der Waals surface area contributed by atoms with Gasteiger partial charge in [0.1, 0.15) is 17.4 Å². The van der Waals surface area contributed by atoms with E-state index in [4.69, 9.17) is 14.2 Å². The minimum atomic E-state index is -0.752. The van der Waals surface area contributed by atoms with Gasteiger partial charge in [0, 0.05) is 18.3 Å². The Kier molecular flexibility index (Phi) is 11.1. The number of carbonyl (C=O) groups excluding carboxylic acids is 2. The van der Waals surface area contributed by atoms with Gasteiger partial charge in [-0.3, -0.25) is 4.90 Å². The Balaban J connectivity index is 3.11. The molecule has 6 nitrogen and oxygen atoms in total. The highest BCUT2D eigenvalue weighted by molar-refractivity contribution is 9.09. The number of amides is 1. The third kappa shape index (κ3) is 9.52. The number of unbranched alkanes of at least 4 members (excludes halogenated alkanes) is 1. The molecule has 0 aliphatic rings. The van der Waals surface area contributed by atoms with Crippen LogP contribution in [-0.2, 0) is 20.7 Å². The molecule has 0 saturated carbocycles. The highest BCUT2D eigenvalue weighted by Crippen LogP contribution is 2.19. The van der Waals surface area contributed by atoms with E-state index in [0.29, 0.717) is 19.6 Å². The van der Waals surface area contributed by atoms with Gasteiger partial charge in [-0.05, 0) is 65.2 Å². The van der Waals surface area contributed by atoms with Gasteiger partial charge in [-0.25, -0.2) is 9.59 Å². The summed E-state index contributed by atoms with van der Waals surface area (Å²) in [6.07, 6.45) is 1.48. The van der Waals surface area contributed by atoms with E-state index in [9.17, 15) is 9.59 Å². The van der Waals surface area contributed by atoms with Gasteiger partial charge in [-0.1, -0.05) is 28.1 Å². The third-order valence-corrected chi connectivity index (χ3v) is 4.57. The fraction of sp³-hybridized carbons (Fsp3) is 0.636. The topological polar surface area (TPSA) is 65.1 Å². The van der Waals surface area contributed by atoms with Crippen molar-refractivity contribution in [2.45, 2.75) is 65.5 Å². The normalized spacial score (nSPS) is 12.2. The van der Waals surface area contributed by atoms with Crippen LogP contribution in [-0.4, -0.2) is 53.7 Å². The number of halogens is 1. The molecule has 0 aliphatic heterocycles. The van der Waals surface area contributed by atoms with E-state index >= 15 is 0 Å². The maximum absolute atomic E-state index is 12.9. The molecule has 0 radical (unpaired) electrons. The smallest absolute Gasteiger partial charge is 0.411 e. The molecule has 0 spiro atoms. The summed E-state index contributed by atoms with van der Waals surface area (Å²) in [6.45, 7) is 10.4. The van der Waals surface area contributed by atoms with Crippen molar-refractivity contribution in [1.29, 1.82) is 0 Å². The number of ether oxygens (including phenoxy) is 3. The second-order valence-electron chi connectivity index (χ2n) is 7.62. The zero-order valence-electron chi connectivity index (χ0n) is 18.2. The van der Waals surface area contributed by atoms with Gasteiger partial charge in [0.15, 0.2) is 0 Å². The Morgan fingerprint density at radius 3 is 2.24 bits per heavy atom. The first-order valence-electron chi connectivity index (χ1n) is 10.2. The molecule has 1 aromatic carbocycles. The van der Waals surface area contributed by atoms with Crippen LogP contribution in [0, 0.1) is 0 Å². The summed E-state index contributed by atoms with van der Waals surface area (Å²) in [6, 6.07) is 6.79. The highest BCUT2D eigenvalue weighted by Gasteiger charge is 2.33. The summed E-state index contributed by atoms with van der Waals surface area (Å²) >= 11 is 3.41. The molecule has 0 heterocycles. The van der Waals surface area contributed by atoms with Crippen molar-refractivity contribution in [1.82, 2.24) is 4.90 Å². The number of benzene rings is 1. The van der Waals surface area contributed by atoms with Crippen molar-refractivity contribution in [2.24, 2.45) is 0 Å². The molecule has 0 fully saturated rings. The van der Waals surface area contributed by atoms with Crippen LogP contribution >= 0.6 is 15.9 Å². The zero-order chi connectivity index (χ0) is 21.9. The molecule has 164 valence electrons. The first kappa shape index (κ1) is 25.3. The second kappa shape index (κ2) is 12.7. The van der Waals surface area contributed by atoms with Crippen molar-refractivity contribution in [2.75, 3.05) is 25.1 Å². The highest BCUT2D eigenvalue weighted by atomic mass is 79.9. The fourth-order valence-corrected chi connectivity index (χ4v) is 3.14. The SMILES string of the molecule is CCOC(=O)[C@H](Cc1ccc(OCC)cc1)N(CCCCBr)C(=O)OC(C)(C)C. The molecule has 0 bridgehead atoms. The number of esters is 1. The summed E-state index contributed by atoms with van der Waals surface area (Å²) in [5.74, 6) is 0.344. The molecular formula is C22H34BrNO5. The van der Waals surface area contributed by atoms with E-state index in [1.807, 2.05) is 52.0 Å². The summed E-state index contributed by atoms with van der Waals surface area (Å²) in [5, 5.41) is 0.831. The van der Waals surface area contributed by atoms with Crippen LogP contribution in [0.15, 0.2) is 24.3 Å². The number of rotatable bonds is 11. The van der Waals surface area contributed by atoms with Crippen LogP contribution < -0.4 is 4.74 Å². The Morgan fingerprint density at radius 2 is 1.72 bits per heavy atom. The largest absolute Gasteiger partial charge is 0.494 e. The molecule has 7 heteroatoms. The monoisotopic (exact) mass is 471 g/mol. The molecule has 0 aliphatic carbocycles. The molecule has 0 aromatic heterocycles. The molecule has 0 unspecified atom stereocenters. The number of carbonyl (C=O) groups is 2. The average molecular weight is 472 g/mol. The maximum Gasteiger partial charge on any atom is 0.411 e. The van der Waals surface area contributed by atoms with Crippen LogP contribution in [0.5, 0.6) is 5.75 Å². The number of hydrogen-bond acceptors (Lipinski definition) is 5. The van der Waals surface area contributed by atoms with Crippen LogP contribution in [0.2, 0.25) is 0 Å². The lowest BCUT2D eigenvalue weighted by atomic mass is 10.0. The van der Waals surface area contributed by atoms with Gasteiger partial charge in [-0.2, -0.15) is 0 Å². The second-order valence-corrected chi connectivity index (χ2v) is 8.41. The minimum absolute atomic E-state index is 0.252. The molecule has 1 aromatic rings. The molecule has 0 saturated heterocycles. The van der Waals surface area contributed by atoms with Gasteiger partial charge < -0.3 is 14.2 Å². The van der Waals surface area contributed by atoms with E-state index in [2.05, 4.69) is 15.9 Å². The lowest BCUT2D eigenvalue weighted by molar-refractivity contribution is -0.149. The lowest BCUT2D eigenvalue weighted by Crippen LogP contribution is -2.49. The van der Waals surface area contributed by atoms with Crippen LogP contribution in [0.25, 0.3) is 0 Å². The van der Waals surface area contributed by atoms with Gasteiger partial charge in [0.05, 0.1) is 13.2 Å². The van der Waals surface area contributed by atoms with Gasteiger partial charge in [0.25, 0.3) is 0 Å². The Bertz CT molecular complexity index is 627. The van der Waals surface area contributed by atoms with Crippen molar-refractivity contribution in [3.63, 3.8) is 0 Å². The summed E-state index contributed by atoms with van der Waals surface area (Å²) in [4.78, 5) is 27.2. The van der Waals surface area contributed by atoms with Crippen molar-refractivity contribution in [3.8, 4) is 5.75 Å². The van der Waals surface area contributed by atoms with Crippen molar-refractivity contribution >= 4 is 28.0 Å². The number of hydrogen-bond donors (Lipinski definition) is 0. The molecular weight excluding hydrogens is 438 g/mol. The Hall–Kier alpha value is -1.76. The molecule has 1 amide bonds. The number of nitrogens with zero attached hydrogens (tertiary/aromatic N) is 1. The first-order valence-corrected chi connectivity index (χ1v) is 11.3. The minimum Gasteiger partial charge on any atom is -0.494 e. The third-order valence-electron chi connectivity index (χ3n) is 4.01. The van der Waals surface area contributed by atoms with E-state index in [1.54, 1.807) is 6.92 Å². The quantitative estimate of drug-likeness (QED) is 0.259. The molecule has 0 N–H and O–H groups in total. The molecule has 1 rings (SSSR count). The fourth-order valence-electron chi connectivity index (χ4n) is 2.74. The molecule has 1 atom stereocenters. The van der Waals surface area contributed by atoms with Crippen LogP contribution in [0.4, 0.5) is 4.79 Å².